The van der Waals surface area contributed by atoms with Gasteiger partial charge >= 0.3 is 5.97 Å². The van der Waals surface area contributed by atoms with Crippen LogP contribution < -0.4 is 72.0 Å². The van der Waals surface area contributed by atoms with Crippen LogP contribution >= 0.6 is 11.3 Å². The fourth-order valence-electron chi connectivity index (χ4n) is 13.8. The van der Waals surface area contributed by atoms with Crippen LogP contribution in [-0.2, 0) is 60.8 Å². The number of aliphatic carboxylic acids is 1. The van der Waals surface area contributed by atoms with Crippen molar-refractivity contribution in [3.63, 3.8) is 0 Å². The maximum atomic E-state index is 15.8. The minimum atomic E-state index is -1.75. The molecule has 1 aliphatic carbocycles. The van der Waals surface area contributed by atoms with Gasteiger partial charge in [-0.15, -0.1) is 11.3 Å². The number of carboxylic acids is 1. The number of nitrogens with one attached hydrogen (secondary N) is 6. The van der Waals surface area contributed by atoms with E-state index in [0.717, 1.165) is 30.6 Å². The minimum absolute atomic E-state index is 0.00593. The number of hydrogen-bond acceptors (Lipinski definition) is 17. The quantitative estimate of drug-likeness (QED) is 0.0187. The van der Waals surface area contributed by atoms with Gasteiger partial charge < -0.3 is 102 Å². The number of nitrogens with two attached hydrogens (primary N) is 7. The minimum Gasteiger partial charge on any atom is -0.480 e. The normalized spacial score (nSPS) is 22.9. The fourth-order valence-corrected chi connectivity index (χ4v) is 14.5. The molecule has 5 heterocycles. The molecule has 7 rings (SSSR count). The van der Waals surface area contributed by atoms with Gasteiger partial charge in [0.2, 0.25) is 53.2 Å². The molecule has 2 aromatic rings. The smallest absolute Gasteiger partial charge is 0.326 e. The van der Waals surface area contributed by atoms with Gasteiger partial charge in [0.25, 0.3) is 0 Å². The monoisotopic (exact) mass is 1330 g/mol. The van der Waals surface area contributed by atoms with Gasteiger partial charge in [0.05, 0.1) is 25.3 Å². The summed E-state index contributed by atoms with van der Waals surface area (Å²) in [7, 11) is 0. The Bertz CT molecular complexity index is 3080. The van der Waals surface area contributed by atoms with Gasteiger partial charge in [0, 0.05) is 62.9 Å². The highest BCUT2D eigenvalue weighted by molar-refractivity contribution is 7.09. The van der Waals surface area contributed by atoms with Crippen molar-refractivity contribution in [2.24, 2.45) is 60.5 Å². The number of benzene rings is 1. The van der Waals surface area contributed by atoms with Crippen LogP contribution in [0.25, 0.3) is 0 Å². The lowest BCUT2D eigenvalue weighted by Gasteiger charge is -2.40. The molecular formula is C61H93N19O13S. The SMILES string of the molecule is NC(N)=NCCC[C@@H](N)C(=O)N[C@@H](CCCN=C(N)N)C(=O)N1CCC[C@H]1C(=O)N1C[C@H](O)C[C@H]1C(=O)NCC(=O)N[C@@H](Cc1cccs1)C(=O)N[C@@H](CO)C(=O)N[C@@]1(Cc2ccccc2)CCC[C@@H]2N(C1=O)[C@H](C(=O)N[C@@H](CCCN=C(N)N)C(=O)O)CC21CCCC1. The molecule has 0 unspecified atom stereocenters. The molecule has 5 aliphatic rings. The highest BCUT2D eigenvalue weighted by Crippen LogP contribution is 2.55. The zero-order valence-corrected chi connectivity index (χ0v) is 53.7. The maximum Gasteiger partial charge on any atom is 0.326 e. The first-order valence-electron chi connectivity index (χ1n) is 32.1. The number of hydrogen-bond donors (Lipinski definition) is 16. The highest BCUT2D eigenvalue weighted by Gasteiger charge is 2.61. The number of aliphatic hydroxyl groups excluding tert-OH is 2. The molecule has 9 amide bonds. The Labute approximate surface area is 548 Å². The number of fused-ring (bicyclic) bond motifs is 2. The molecule has 4 saturated heterocycles. The second-order valence-corrected chi connectivity index (χ2v) is 26.0. The average Bonchev–Trinajstić information content (AvgIpc) is 1.56. The highest BCUT2D eigenvalue weighted by atomic mass is 32.1. The molecule has 33 heteroatoms. The Morgan fingerprint density at radius 1 is 0.670 bits per heavy atom. The van der Waals surface area contributed by atoms with Gasteiger partial charge in [-0.1, -0.05) is 49.2 Å². The van der Waals surface area contributed by atoms with E-state index in [0.29, 0.717) is 36.1 Å². The van der Waals surface area contributed by atoms with E-state index in [1.165, 1.54) is 16.2 Å². The van der Waals surface area contributed by atoms with Crippen molar-refractivity contribution in [3.05, 3.63) is 58.3 Å². The number of rotatable bonds is 32. The van der Waals surface area contributed by atoms with Crippen molar-refractivity contribution in [1.82, 2.24) is 46.6 Å². The van der Waals surface area contributed by atoms with Gasteiger partial charge in [-0.3, -0.25) is 58.1 Å². The molecule has 516 valence electrons. The number of aliphatic imine (C=N–C) groups is 3. The number of amides is 9. The molecule has 11 atom stereocenters. The standard InChI is InChI=1S/C61H93N19O13S/c62-38(15-7-23-69-57(63)64)48(84)74-39(16-8-24-70-58(65)66)53(89)78-26-10-18-43(78)54(90)79-33-36(82)28-44(79)51(87)72-32-47(83)73-41(29-37-14-11-27-94-37)49(85)76-42(34-81)50(86)77-61(30-35-12-2-1-3-13-35)22-6-19-46-60(20-4-5-21-60)31-45(80(46)56(61)93)52(88)75-40(55(91)92)17-9-25-71-59(67)68/h1-3,11-14,27,36,38-46,81-82H,4-10,15-26,28-34,62H2,(H,72,87)(H,73,83)(H,74,84)(H,75,88)(H,76,85)(H,77,86)(H,91,92)(H4,63,64,69)(H4,65,66,70)(H4,67,68,71)/t36-,38-,39+,40+,41+,42+,43+,44+,45+,46+,61-/m1/s1. The second kappa shape index (κ2) is 33.9. The lowest BCUT2D eigenvalue weighted by atomic mass is 9.76. The molecule has 0 bridgehead atoms. The van der Waals surface area contributed by atoms with Crippen molar-refractivity contribution >= 4 is 88.3 Å². The summed E-state index contributed by atoms with van der Waals surface area (Å²) in [5.74, 6) is -8.41. The maximum absolute atomic E-state index is 15.8. The van der Waals surface area contributed by atoms with E-state index in [4.69, 9.17) is 40.1 Å². The third kappa shape index (κ3) is 19.2. The van der Waals surface area contributed by atoms with Crippen LogP contribution in [0.2, 0.25) is 0 Å². The first-order valence-corrected chi connectivity index (χ1v) is 33.0. The molecule has 1 aromatic carbocycles. The van der Waals surface area contributed by atoms with Crippen LogP contribution in [0.5, 0.6) is 0 Å². The Kier molecular flexibility index (Phi) is 26.3. The Balaban J connectivity index is 1.03. The van der Waals surface area contributed by atoms with E-state index in [1.54, 1.807) is 52.7 Å². The zero-order chi connectivity index (χ0) is 68.3. The third-order valence-electron chi connectivity index (χ3n) is 18.3. The lowest BCUT2D eigenvalue weighted by Crippen LogP contribution is -2.66. The number of carbonyl (C=O) groups excluding carboxylic acids is 9. The van der Waals surface area contributed by atoms with Gasteiger partial charge in [0.15, 0.2) is 17.9 Å². The van der Waals surface area contributed by atoms with Gasteiger partial charge in [0.1, 0.15) is 47.8 Å². The molecule has 1 saturated carbocycles. The van der Waals surface area contributed by atoms with Crippen LogP contribution in [0.4, 0.5) is 0 Å². The molecular weight excluding hydrogens is 1240 g/mol. The largest absolute Gasteiger partial charge is 0.480 e. The summed E-state index contributed by atoms with van der Waals surface area (Å²) in [5.41, 5.74) is 37.4. The van der Waals surface area contributed by atoms with Crippen LogP contribution in [0, 0.1) is 5.41 Å². The summed E-state index contributed by atoms with van der Waals surface area (Å²) >= 11 is 1.27. The lowest BCUT2D eigenvalue weighted by molar-refractivity contribution is -0.149. The number of thiophene rings is 1. The molecule has 1 aromatic heterocycles. The Morgan fingerprint density at radius 2 is 1.31 bits per heavy atom. The first kappa shape index (κ1) is 72.7. The Hall–Kier alpha value is -8.69. The molecule has 94 heavy (non-hydrogen) atoms. The number of likely N-dealkylation sites (tertiary alicyclic amines) is 2. The fraction of sp³-hybridized carbons (Fsp3) is 0.623. The van der Waals surface area contributed by atoms with E-state index in [9.17, 15) is 58.5 Å². The summed E-state index contributed by atoms with van der Waals surface area (Å²) < 4.78 is 0. The summed E-state index contributed by atoms with van der Waals surface area (Å²) in [6.45, 7) is -1.38. The predicted octanol–water partition coefficient (Wildman–Crippen LogP) is -4.32. The van der Waals surface area contributed by atoms with E-state index in [-0.39, 0.29) is 121 Å². The van der Waals surface area contributed by atoms with Crippen LogP contribution in [0.15, 0.2) is 62.8 Å². The van der Waals surface area contributed by atoms with E-state index < -0.39 is 144 Å². The molecule has 4 aliphatic heterocycles. The number of aliphatic hydroxyl groups is 2. The topological polar surface area (TPSA) is 533 Å². The number of nitrogens with zero attached hydrogens (tertiary/aromatic N) is 6. The van der Waals surface area contributed by atoms with Crippen molar-refractivity contribution in [2.45, 2.75) is 188 Å². The van der Waals surface area contributed by atoms with Crippen LogP contribution in [0.1, 0.15) is 120 Å². The average molecular weight is 1330 g/mol. The second-order valence-electron chi connectivity index (χ2n) is 25.0. The molecule has 32 nitrogen and oxygen atoms in total. The van der Waals surface area contributed by atoms with E-state index in [1.807, 2.05) is 0 Å². The summed E-state index contributed by atoms with van der Waals surface area (Å²) in [6.07, 6.45) is 4.59. The number of carboxylic acid groups (broad SMARTS) is 1. The number of β-amino-alcohol motifs (C(OH)–C–C–N with tert-alkyl or cyclic N) is 1. The van der Waals surface area contributed by atoms with E-state index in [2.05, 4.69) is 46.9 Å². The van der Waals surface area contributed by atoms with Crippen molar-refractivity contribution in [1.29, 1.82) is 0 Å². The van der Waals surface area contributed by atoms with Crippen LogP contribution in [-0.4, -0.2) is 219 Å². The molecule has 23 N–H and O–H groups in total. The first-order chi connectivity index (χ1) is 44.8. The summed E-state index contributed by atoms with van der Waals surface area (Å²) in [6, 6.07) is 1.75. The van der Waals surface area contributed by atoms with E-state index >= 15 is 4.79 Å². The molecule has 1 spiro atoms. The van der Waals surface area contributed by atoms with Crippen molar-refractivity contribution in [3.8, 4) is 0 Å². The third-order valence-corrected chi connectivity index (χ3v) is 19.2. The molecule has 0 radical (unpaired) electrons. The van der Waals surface area contributed by atoms with Gasteiger partial charge in [-0.05, 0) is 112 Å². The number of carbonyl (C=O) groups is 10. The predicted molar refractivity (Wildman–Crippen MR) is 347 cm³/mol. The summed E-state index contributed by atoms with van der Waals surface area (Å²) in [4.78, 5) is 159. The Morgan fingerprint density at radius 3 is 1.93 bits per heavy atom. The van der Waals surface area contributed by atoms with Crippen molar-refractivity contribution < 1.29 is 63.3 Å². The zero-order valence-electron chi connectivity index (χ0n) is 52.8. The molecule has 5 fully saturated rings. The van der Waals surface area contributed by atoms with Gasteiger partial charge in [-0.25, -0.2) is 4.79 Å². The summed E-state index contributed by atoms with van der Waals surface area (Å²) in [5, 5.41) is 49.8. The number of guanidine groups is 3. The van der Waals surface area contributed by atoms with Crippen LogP contribution in [0.3, 0.4) is 0 Å². The van der Waals surface area contributed by atoms with Gasteiger partial charge in [-0.2, -0.15) is 0 Å². The van der Waals surface area contributed by atoms with Crippen molar-refractivity contribution in [2.75, 3.05) is 45.9 Å².